The first-order valence-electron chi connectivity index (χ1n) is 42.5. The summed E-state index contributed by atoms with van der Waals surface area (Å²) in [6.45, 7) is 9.75. The van der Waals surface area contributed by atoms with Crippen LogP contribution in [-0.4, -0.2) is 100 Å². The molecule has 15 aromatic heterocycles. The van der Waals surface area contributed by atoms with Gasteiger partial charge in [-0.2, -0.15) is 0 Å². The van der Waals surface area contributed by atoms with E-state index >= 15 is 0 Å². The quantitative estimate of drug-likeness (QED) is 0.0476. The second-order valence-corrected chi connectivity index (χ2v) is 28.7. The van der Waals surface area contributed by atoms with Gasteiger partial charge in [-0.3, -0.25) is 85.2 Å². The van der Waals surface area contributed by atoms with Gasteiger partial charge in [-0.15, -0.1) is 169 Å². The predicted molar refractivity (Wildman–Crippen MR) is 538 cm³/mol. The van der Waals surface area contributed by atoms with Gasteiger partial charge < -0.3 is 14.4 Å². The summed E-state index contributed by atoms with van der Waals surface area (Å²) < 4.78 is 0. The second kappa shape index (κ2) is 57.5. The van der Waals surface area contributed by atoms with Crippen LogP contribution < -0.4 is 0 Å². The Kier molecular flexibility index (Phi) is 43.4. The van der Waals surface area contributed by atoms with Gasteiger partial charge in [-0.25, -0.2) is 15.0 Å². The summed E-state index contributed by atoms with van der Waals surface area (Å²) in [5.74, 6) is 0.627. The van der Waals surface area contributed by atoms with Gasteiger partial charge in [-0.05, 0) is 102 Å². The Morgan fingerprint density at radius 3 is 0.671 bits per heavy atom. The maximum atomic E-state index is 7.75. The van der Waals surface area contributed by atoms with E-state index in [2.05, 4.69) is 168 Å². The van der Waals surface area contributed by atoms with Crippen molar-refractivity contribution in [2.24, 2.45) is 0 Å². The van der Waals surface area contributed by atoms with Gasteiger partial charge in [0.25, 0.3) is 0 Å². The molecule has 0 aliphatic rings. The van der Waals surface area contributed by atoms with Crippen LogP contribution in [-0.2, 0) is 94.5 Å². The number of hydrogen-bond acceptors (Lipinski definition) is 19. The van der Waals surface area contributed by atoms with Crippen LogP contribution >= 0.6 is 0 Å². The Morgan fingerprint density at radius 2 is 0.386 bits per heavy atom. The van der Waals surface area contributed by atoms with E-state index < -0.39 is 0 Å². The van der Waals surface area contributed by atoms with E-state index in [0.29, 0.717) is 5.82 Å². The minimum absolute atomic E-state index is 0. The van der Waals surface area contributed by atoms with E-state index in [4.69, 9.17) is 19.4 Å². The molecule has 23 heteroatoms. The van der Waals surface area contributed by atoms with Gasteiger partial charge in [0, 0.05) is 189 Å². The molecular weight excluding hydrogens is 2340 g/mol. The minimum atomic E-state index is 0. The van der Waals surface area contributed by atoms with Gasteiger partial charge in [0.2, 0.25) is 0 Å². The van der Waals surface area contributed by atoms with Crippen molar-refractivity contribution in [1.29, 1.82) is 0 Å². The monoisotopic (exact) mass is 2420 g/mol. The summed E-state index contributed by atoms with van der Waals surface area (Å²) in [6, 6.07) is 144. The smallest absolute Gasteiger partial charge is 0.545 e. The largest absolute Gasteiger partial charge is 2.00 e. The van der Waals surface area contributed by atoms with Gasteiger partial charge in [0.1, 0.15) is 5.69 Å². The molecule has 0 saturated carbocycles. The molecule has 0 aliphatic carbocycles. The molecule has 140 heavy (non-hydrogen) atoms. The van der Waals surface area contributed by atoms with Crippen molar-refractivity contribution >= 4 is 64.0 Å². The summed E-state index contributed by atoms with van der Waals surface area (Å²) in [5, 5.41) is 4.37. The summed E-state index contributed by atoms with van der Waals surface area (Å²) in [5.41, 5.74) is 25.3. The molecule has 0 atom stereocenters. The fraction of sp³-hybridized carbons (Fsp3) is 0. The van der Waals surface area contributed by atoms with Crippen LogP contribution in [0.2, 0.25) is 0 Å². The predicted octanol–water partition coefficient (Wildman–Crippen LogP) is 24.7. The molecule has 23 aromatic rings. The van der Waals surface area contributed by atoms with Gasteiger partial charge in [0.05, 0.1) is 33.5 Å². The number of benzene rings is 8. The average molecular weight is 2420 g/mol. The number of carbonyl (C=O) groups excluding carboxylic acids is 3. The third-order valence-corrected chi connectivity index (χ3v) is 20.0. The number of aromatic nitrogens is 16. The molecule has 0 aliphatic heterocycles. The molecule has 0 amide bonds. The Hall–Kier alpha value is -16.4. The number of rotatable bonds is 12. The molecule has 680 valence electrons. The SMILES string of the molecule is [CH-]=O.[CH-]=O.[CH-]=O.[Os+2].[Re].[Re].[Ru+2].[c-]1c(-c2ccccn2)cccc1-c1ccccn1.[c-]1c(-c2ccccn2)cccc1-c1ccccn1.[c-]1c(-c2ccccn2)cccc1-c1ccccn1.[c-]1c(-c2ccccn2)cccc1-c1ccccn1.[c-]1ccccc1-c1ccc2ccc3cccnc3c2n1.[c-]1ccccc1-c1cccc(-c2ccccn2)n1.c1cnc(-c2ccc3ccc4cccnc4c3n2)nc1. The third kappa shape index (κ3) is 29.8. The molecular formula is C117H79N16O3OsRe2Ru-5. The van der Waals surface area contributed by atoms with E-state index in [1.165, 1.54) is 0 Å². The molecule has 0 saturated heterocycles. The minimum Gasteiger partial charge on any atom is -0.545 e. The Balaban J connectivity index is 0.000000166. The van der Waals surface area contributed by atoms with Gasteiger partial charge >= 0.3 is 39.3 Å². The molecule has 0 bridgehead atoms. The molecule has 8 aromatic carbocycles. The molecule has 0 spiro atoms. The van der Waals surface area contributed by atoms with Crippen LogP contribution in [0.1, 0.15) is 0 Å². The first-order chi connectivity index (χ1) is 67.5. The zero-order valence-corrected chi connectivity index (χ0v) is 84.2. The van der Waals surface area contributed by atoms with Gasteiger partial charge in [-0.1, -0.05) is 214 Å². The van der Waals surface area contributed by atoms with E-state index in [1.54, 1.807) is 80.4 Å². The fourth-order valence-corrected chi connectivity index (χ4v) is 13.7. The van der Waals surface area contributed by atoms with Crippen LogP contribution in [0, 0.1) is 36.4 Å². The van der Waals surface area contributed by atoms with Crippen LogP contribution in [0.15, 0.2) is 463 Å². The van der Waals surface area contributed by atoms with E-state index in [1.807, 2.05) is 346 Å². The Bertz CT molecular complexity index is 6490. The van der Waals surface area contributed by atoms with E-state index in [0.717, 1.165) is 173 Å². The molecule has 23 rings (SSSR count). The summed E-state index contributed by atoms with van der Waals surface area (Å²) in [7, 11) is 0. The van der Waals surface area contributed by atoms with E-state index in [9.17, 15) is 0 Å². The normalized spacial score (nSPS) is 9.80. The van der Waals surface area contributed by atoms with Crippen LogP contribution in [0.3, 0.4) is 0 Å². The molecule has 19 nitrogen and oxygen atoms in total. The summed E-state index contributed by atoms with van der Waals surface area (Å²) in [4.78, 5) is 93.7. The maximum Gasteiger partial charge on any atom is 2.00 e. The summed E-state index contributed by atoms with van der Waals surface area (Å²) >= 11 is 0. The molecule has 2 radical (unpaired) electrons. The van der Waals surface area contributed by atoms with Crippen molar-refractivity contribution in [3.8, 4) is 135 Å². The Morgan fingerprint density at radius 1 is 0.164 bits per heavy atom. The third-order valence-electron chi connectivity index (χ3n) is 20.0. The van der Waals surface area contributed by atoms with E-state index in [-0.39, 0.29) is 80.1 Å². The summed E-state index contributed by atoms with van der Waals surface area (Å²) in [6.07, 6.45) is 23.1. The number of nitrogens with zero attached hydrogens (tertiary/aromatic N) is 16. The van der Waals surface area contributed by atoms with Crippen molar-refractivity contribution in [2.75, 3.05) is 0 Å². The van der Waals surface area contributed by atoms with Crippen molar-refractivity contribution in [1.82, 2.24) is 79.7 Å². The maximum absolute atomic E-state index is 7.75. The first kappa shape index (κ1) is 106. The molecule has 0 N–H and O–H groups in total. The molecule has 15 heterocycles. The number of pyridine rings is 14. The standard InChI is InChI=1S/C18H11N2.C16H10N4.5C16H11N2.3CHO.Os.2Re.Ru/c1-2-5-13(6-3-1)16-11-10-15-9-8-14-7-4-12-19-17(14)18(15)20-16;1-3-11-4-5-12-6-7-13(16-18-9-2-10-19-16)20-15(12)14(11)17-8-1;4*1-3-10-17-15(8-1)13-6-5-7-14(12-13)16-9-2-4-11-18-16;1-2-7-13(8-3-1)14-10-6-11-16(18-14)15-9-4-5-12-17-15;3*1-2;;;;/h1-5,7-12H;1-10H;4*1-11H;1-7,9-12H;3*1H;;;;/q-1;;8*-1;+2;;;+2. The second-order valence-electron chi connectivity index (χ2n) is 28.7. The fourth-order valence-electron chi connectivity index (χ4n) is 13.7. The van der Waals surface area contributed by atoms with Crippen molar-refractivity contribution in [3.05, 3.63) is 499 Å². The van der Waals surface area contributed by atoms with Crippen LogP contribution in [0.4, 0.5) is 0 Å². The van der Waals surface area contributed by atoms with Crippen LogP contribution in [0.25, 0.3) is 179 Å². The van der Waals surface area contributed by atoms with Crippen molar-refractivity contribution in [3.63, 3.8) is 0 Å². The first-order valence-corrected chi connectivity index (χ1v) is 42.5. The van der Waals surface area contributed by atoms with Gasteiger partial charge in [0.15, 0.2) is 5.82 Å². The molecule has 0 unspecified atom stereocenters. The van der Waals surface area contributed by atoms with Crippen molar-refractivity contribution < 1.29 is 94.5 Å². The Labute approximate surface area is 865 Å². The van der Waals surface area contributed by atoms with Crippen LogP contribution in [0.5, 0.6) is 0 Å². The zero-order valence-electron chi connectivity index (χ0n) is 74.5. The topological polar surface area (TPSA) is 257 Å². The van der Waals surface area contributed by atoms with Crippen molar-refractivity contribution in [2.45, 2.75) is 0 Å². The molecule has 0 fully saturated rings. The zero-order chi connectivity index (χ0) is 93.8. The number of fused-ring (bicyclic) bond motifs is 6. The number of hydrogen-bond donors (Lipinski definition) is 0. The average Bonchev–Trinajstić information content (AvgIpc) is 0.783.